The number of carbonyl (C=O) groups excluding carboxylic acids is 3. The summed E-state index contributed by atoms with van der Waals surface area (Å²) >= 11 is 1.29. The van der Waals surface area contributed by atoms with Gasteiger partial charge in [-0.1, -0.05) is 44.7 Å². The van der Waals surface area contributed by atoms with Gasteiger partial charge in [0, 0.05) is 17.2 Å². The molecule has 25 heavy (non-hydrogen) atoms. The van der Waals surface area contributed by atoms with Crippen molar-refractivity contribution in [1.82, 2.24) is 4.90 Å². The quantitative estimate of drug-likeness (QED) is 0.837. The van der Waals surface area contributed by atoms with Crippen molar-refractivity contribution in [3.05, 3.63) is 40.4 Å². The Morgan fingerprint density at radius 1 is 1.28 bits per heavy atom. The first-order valence-electron chi connectivity index (χ1n) is 8.15. The van der Waals surface area contributed by atoms with E-state index in [4.69, 9.17) is 0 Å². The van der Waals surface area contributed by atoms with Crippen LogP contribution in [0.2, 0.25) is 0 Å². The molecule has 1 aromatic rings. The van der Waals surface area contributed by atoms with Crippen molar-refractivity contribution in [3.63, 3.8) is 0 Å². The summed E-state index contributed by atoms with van der Waals surface area (Å²) < 4.78 is 0. The maximum Gasteiger partial charge on any atom is 0.244 e. The van der Waals surface area contributed by atoms with Crippen LogP contribution in [0.15, 0.2) is 29.3 Å². The van der Waals surface area contributed by atoms with E-state index in [1.165, 1.54) is 22.7 Å². The van der Waals surface area contributed by atoms with Crippen LogP contribution in [-0.2, 0) is 14.4 Å². The number of amides is 2. The Balaban J connectivity index is 2.12. The van der Waals surface area contributed by atoms with Gasteiger partial charge in [-0.2, -0.15) is 0 Å². The highest BCUT2D eigenvalue weighted by Gasteiger charge is 2.30. The van der Waals surface area contributed by atoms with Crippen molar-refractivity contribution in [3.8, 4) is 0 Å². The molecule has 0 aromatic heterocycles. The molecule has 134 valence electrons. The fourth-order valence-electron chi connectivity index (χ4n) is 2.25. The normalized spacial score (nSPS) is 16.4. The zero-order valence-electron chi connectivity index (χ0n) is 15.3. The number of benzene rings is 1. The second kappa shape index (κ2) is 7.44. The van der Waals surface area contributed by atoms with Crippen molar-refractivity contribution in [1.29, 1.82) is 0 Å². The number of carbonyl (C=O) groups is 3. The highest BCUT2D eigenvalue weighted by atomic mass is 32.2. The number of rotatable bonds is 4. The second-order valence-electron chi connectivity index (χ2n) is 7.16. The van der Waals surface area contributed by atoms with Crippen LogP contribution in [0.4, 0.5) is 5.69 Å². The average molecular weight is 360 g/mol. The Kier molecular flexibility index (Phi) is 5.72. The maximum atomic E-state index is 12.4. The van der Waals surface area contributed by atoms with Crippen LogP contribution >= 0.6 is 11.8 Å². The molecular weight excluding hydrogens is 336 g/mol. The summed E-state index contributed by atoms with van der Waals surface area (Å²) in [7, 11) is 0. The molecule has 1 N–H and O–H groups in total. The Morgan fingerprint density at radius 3 is 2.60 bits per heavy atom. The first-order chi connectivity index (χ1) is 11.6. The van der Waals surface area contributed by atoms with E-state index in [0.29, 0.717) is 5.03 Å². The lowest BCUT2D eigenvalue weighted by atomic mass is 9.91. The third-order valence-corrected chi connectivity index (χ3v) is 5.11. The molecule has 0 unspecified atom stereocenters. The summed E-state index contributed by atoms with van der Waals surface area (Å²) in [5, 5.41) is 3.39. The molecule has 0 bridgehead atoms. The van der Waals surface area contributed by atoms with Crippen LogP contribution in [0.5, 0.6) is 0 Å². The van der Waals surface area contributed by atoms with Gasteiger partial charge in [-0.15, -0.1) is 0 Å². The van der Waals surface area contributed by atoms with Crippen LogP contribution in [0, 0.1) is 19.3 Å². The van der Waals surface area contributed by atoms with E-state index in [1.807, 2.05) is 52.8 Å². The van der Waals surface area contributed by atoms with Crippen molar-refractivity contribution in [2.24, 2.45) is 5.41 Å². The molecule has 5 nitrogen and oxygen atoms in total. The lowest BCUT2D eigenvalue weighted by Crippen LogP contribution is -2.34. The van der Waals surface area contributed by atoms with Gasteiger partial charge < -0.3 is 5.32 Å². The first kappa shape index (κ1) is 19.2. The molecule has 1 aliphatic heterocycles. The summed E-state index contributed by atoms with van der Waals surface area (Å²) in [6, 6.07) is 5.69. The summed E-state index contributed by atoms with van der Waals surface area (Å²) in [6.45, 7) is 9.30. The minimum absolute atomic E-state index is 0.0652. The number of ketones is 1. The van der Waals surface area contributed by atoms with Gasteiger partial charge in [-0.25, -0.2) is 0 Å². The van der Waals surface area contributed by atoms with Crippen LogP contribution in [0.3, 0.4) is 0 Å². The minimum Gasteiger partial charge on any atom is -0.324 e. The van der Waals surface area contributed by atoms with Gasteiger partial charge >= 0.3 is 0 Å². The van der Waals surface area contributed by atoms with Gasteiger partial charge in [-0.05, 0) is 31.0 Å². The fraction of sp³-hybridized carbons (Fsp3) is 0.421. The monoisotopic (exact) mass is 360 g/mol. The van der Waals surface area contributed by atoms with E-state index in [0.717, 1.165) is 16.8 Å². The molecule has 1 aromatic carbocycles. The summed E-state index contributed by atoms with van der Waals surface area (Å²) in [5.41, 5.74) is 2.30. The van der Waals surface area contributed by atoms with Crippen LogP contribution in [0.1, 0.15) is 31.9 Å². The predicted octanol–water partition coefficient (Wildman–Crippen LogP) is 3.27. The summed E-state index contributed by atoms with van der Waals surface area (Å²) in [4.78, 5) is 38.1. The molecular formula is C19H24N2O3S. The Hall–Kier alpha value is -2.08. The molecule has 0 radical (unpaired) electrons. The topological polar surface area (TPSA) is 66.5 Å². The third kappa shape index (κ3) is 4.72. The minimum atomic E-state index is -0.522. The Bertz CT molecular complexity index is 748. The van der Waals surface area contributed by atoms with E-state index >= 15 is 0 Å². The van der Waals surface area contributed by atoms with Crippen molar-refractivity contribution in [2.75, 3.05) is 17.6 Å². The van der Waals surface area contributed by atoms with Gasteiger partial charge in [0.25, 0.3) is 0 Å². The zero-order valence-corrected chi connectivity index (χ0v) is 16.1. The molecule has 2 amide bonds. The molecule has 2 rings (SSSR count). The maximum absolute atomic E-state index is 12.4. The number of thioether (sulfide) groups is 1. The van der Waals surface area contributed by atoms with E-state index in [2.05, 4.69) is 5.32 Å². The summed E-state index contributed by atoms with van der Waals surface area (Å²) in [5.74, 6) is -0.252. The average Bonchev–Trinajstić information content (AvgIpc) is 2.84. The third-order valence-electron chi connectivity index (χ3n) is 4.08. The highest BCUT2D eigenvalue weighted by molar-refractivity contribution is 8.04. The molecule has 1 fully saturated rings. The number of allylic oxidation sites excluding steroid dienone is 1. The number of nitrogens with one attached hydrogen (secondary N) is 1. The molecule has 6 heteroatoms. The number of aryl methyl sites for hydroxylation is 1. The highest BCUT2D eigenvalue weighted by Crippen LogP contribution is 2.30. The summed E-state index contributed by atoms with van der Waals surface area (Å²) in [6.07, 6.45) is 1.47. The second-order valence-corrected chi connectivity index (χ2v) is 8.16. The fourth-order valence-corrected chi connectivity index (χ4v) is 3.19. The molecule has 0 aliphatic carbocycles. The molecule has 1 aliphatic rings. The van der Waals surface area contributed by atoms with Gasteiger partial charge in [0.2, 0.25) is 11.8 Å². The molecule has 0 spiro atoms. The van der Waals surface area contributed by atoms with Gasteiger partial charge in [-0.3, -0.25) is 19.3 Å². The van der Waals surface area contributed by atoms with Gasteiger partial charge in [0.05, 0.1) is 10.8 Å². The molecule has 0 saturated carbocycles. The standard InChI is InChI=1S/C19H24N2O3S/c1-12-7-6-8-14(13(12)2)20-16(23)10-21-17(24)11-25-18(21)9-15(22)19(3,4)5/h6-9H,10-11H2,1-5H3,(H,20,23)/b18-9-. The zero-order chi connectivity index (χ0) is 18.8. The van der Waals surface area contributed by atoms with Crippen molar-refractivity contribution >= 4 is 35.0 Å². The van der Waals surface area contributed by atoms with Crippen LogP contribution in [0.25, 0.3) is 0 Å². The lowest BCUT2D eigenvalue weighted by Gasteiger charge is -2.19. The van der Waals surface area contributed by atoms with E-state index in [1.54, 1.807) is 0 Å². The van der Waals surface area contributed by atoms with E-state index in [9.17, 15) is 14.4 Å². The molecule has 1 heterocycles. The Labute approximate surface area is 152 Å². The molecule has 1 saturated heterocycles. The number of hydrogen-bond donors (Lipinski definition) is 1. The predicted molar refractivity (Wildman–Crippen MR) is 101 cm³/mol. The Morgan fingerprint density at radius 2 is 1.96 bits per heavy atom. The number of nitrogens with zero attached hydrogens (tertiary/aromatic N) is 1. The first-order valence-corrected chi connectivity index (χ1v) is 9.13. The van der Waals surface area contributed by atoms with Gasteiger partial charge in [0.1, 0.15) is 6.54 Å². The van der Waals surface area contributed by atoms with Crippen molar-refractivity contribution in [2.45, 2.75) is 34.6 Å². The molecule has 0 atom stereocenters. The smallest absolute Gasteiger partial charge is 0.244 e. The SMILES string of the molecule is Cc1cccc(NC(=O)CN2C(=O)CS/C2=C\C(=O)C(C)(C)C)c1C. The largest absolute Gasteiger partial charge is 0.324 e. The lowest BCUT2D eigenvalue weighted by molar-refractivity contribution is -0.129. The number of hydrogen-bond acceptors (Lipinski definition) is 4. The van der Waals surface area contributed by atoms with E-state index in [-0.39, 0.29) is 29.9 Å². The van der Waals surface area contributed by atoms with Crippen LogP contribution in [-0.4, -0.2) is 34.8 Å². The van der Waals surface area contributed by atoms with E-state index < -0.39 is 5.41 Å². The number of anilines is 1. The van der Waals surface area contributed by atoms with Crippen LogP contribution < -0.4 is 5.32 Å². The van der Waals surface area contributed by atoms with Gasteiger partial charge in [0.15, 0.2) is 5.78 Å². The van der Waals surface area contributed by atoms with Crippen molar-refractivity contribution < 1.29 is 14.4 Å².